The van der Waals surface area contributed by atoms with Crippen LogP contribution in [0, 0.1) is 0 Å². The third-order valence-corrected chi connectivity index (χ3v) is 12.8. The van der Waals surface area contributed by atoms with Crippen molar-refractivity contribution in [2.24, 2.45) is 0 Å². The van der Waals surface area contributed by atoms with Crippen LogP contribution in [0.3, 0.4) is 0 Å². The largest absolute Gasteiger partial charge is 0.435 e. The molecule has 0 radical (unpaired) electrons. The number of esters is 1. The third kappa shape index (κ3) is 7.22. The molecule has 0 amide bonds. The van der Waals surface area contributed by atoms with Crippen molar-refractivity contribution in [1.29, 1.82) is 0 Å². The van der Waals surface area contributed by atoms with Crippen LogP contribution in [-0.4, -0.2) is 77.2 Å². The van der Waals surface area contributed by atoms with E-state index in [1.54, 1.807) is 14.2 Å². The highest BCUT2D eigenvalue weighted by Crippen LogP contribution is 2.38. The summed E-state index contributed by atoms with van der Waals surface area (Å²) >= 11 is 2.17. The van der Waals surface area contributed by atoms with Gasteiger partial charge in [0, 0.05) is 21.1 Å². The molecule has 1 aliphatic heterocycles. The number of alkyl halides is 1. The van der Waals surface area contributed by atoms with Crippen molar-refractivity contribution in [3.05, 3.63) is 60.7 Å². The number of methoxy groups -OCH3 is 2. The van der Waals surface area contributed by atoms with Gasteiger partial charge in [0.15, 0.2) is 0 Å². The van der Waals surface area contributed by atoms with Gasteiger partial charge in [0.1, 0.15) is 35.8 Å². The number of hydrogen-bond acceptors (Lipinski definition) is 8. The molecule has 3 rings (SSSR count). The Hall–Kier alpha value is -1.38. The summed E-state index contributed by atoms with van der Waals surface area (Å²) in [4.78, 5) is 11.9. The van der Waals surface area contributed by atoms with E-state index >= 15 is 0 Å². The molecule has 2 aromatic rings. The van der Waals surface area contributed by atoms with Crippen LogP contribution in [0.15, 0.2) is 60.7 Å². The molecule has 0 bridgehead atoms. The molecule has 0 aromatic heterocycles. The van der Waals surface area contributed by atoms with Gasteiger partial charge in [-0.05, 0) is 15.4 Å². The number of ether oxygens (including phenoxy) is 6. The molecule has 38 heavy (non-hydrogen) atoms. The maximum absolute atomic E-state index is 11.9. The SMILES string of the molecule is COCO[C@@H]1[C@H](I)[C@@H](OC(C)=O)O[C@H](CO[Si](c2ccccc2)(c2ccccc2)C(C)(C)C)[C@H]1OCOC. The topological polar surface area (TPSA) is 81.7 Å². The molecule has 5 atom stereocenters. The summed E-state index contributed by atoms with van der Waals surface area (Å²) < 4.78 is 41.2. The molecule has 0 aliphatic carbocycles. The summed E-state index contributed by atoms with van der Waals surface area (Å²) in [6.45, 7) is 8.28. The Morgan fingerprint density at radius 2 is 1.39 bits per heavy atom. The van der Waals surface area contributed by atoms with Crippen LogP contribution in [0.2, 0.25) is 5.04 Å². The lowest BCUT2D eigenvalue weighted by atomic mass is 10.0. The van der Waals surface area contributed by atoms with Crippen LogP contribution in [0.25, 0.3) is 0 Å². The van der Waals surface area contributed by atoms with Crippen LogP contribution in [-0.2, 0) is 37.6 Å². The van der Waals surface area contributed by atoms with Crippen LogP contribution < -0.4 is 10.4 Å². The zero-order chi connectivity index (χ0) is 27.8. The Kier molecular flexibility index (Phi) is 11.7. The van der Waals surface area contributed by atoms with E-state index in [9.17, 15) is 4.79 Å². The van der Waals surface area contributed by atoms with Gasteiger partial charge in [-0.1, -0.05) is 104 Å². The highest BCUT2D eigenvalue weighted by atomic mass is 127. The number of carbonyl (C=O) groups excluding carboxylic acids is 1. The molecule has 0 unspecified atom stereocenters. The molecule has 0 N–H and O–H groups in total. The van der Waals surface area contributed by atoms with Gasteiger partial charge in [0.05, 0.1) is 6.61 Å². The Bertz CT molecular complexity index is 948. The lowest BCUT2D eigenvalue weighted by molar-refractivity contribution is -0.275. The van der Waals surface area contributed by atoms with Crippen LogP contribution in [0.5, 0.6) is 0 Å². The van der Waals surface area contributed by atoms with Gasteiger partial charge < -0.3 is 32.8 Å². The molecule has 0 saturated carbocycles. The zero-order valence-electron chi connectivity index (χ0n) is 22.9. The van der Waals surface area contributed by atoms with Gasteiger partial charge >= 0.3 is 5.97 Å². The predicted octanol–water partition coefficient (Wildman–Crippen LogP) is 3.63. The predicted molar refractivity (Wildman–Crippen MR) is 155 cm³/mol. The number of rotatable bonds is 12. The van der Waals surface area contributed by atoms with E-state index < -0.39 is 38.9 Å². The zero-order valence-corrected chi connectivity index (χ0v) is 26.1. The van der Waals surface area contributed by atoms with Crippen molar-refractivity contribution in [2.45, 2.75) is 61.3 Å². The van der Waals surface area contributed by atoms with E-state index in [0.29, 0.717) is 0 Å². The van der Waals surface area contributed by atoms with E-state index in [-0.39, 0.29) is 29.2 Å². The lowest BCUT2D eigenvalue weighted by Crippen LogP contribution is -2.68. The average molecular weight is 659 g/mol. The van der Waals surface area contributed by atoms with Crippen LogP contribution in [0.1, 0.15) is 27.7 Å². The highest BCUT2D eigenvalue weighted by molar-refractivity contribution is 14.1. The quantitative estimate of drug-likeness (QED) is 0.113. The first kappa shape index (κ1) is 31.1. The van der Waals surface area contributed by atoms with Crippen molar-refractivity contribution < 1.29 is 37.6 Å². The summed E-state index contributed by atoms with van der Waals surface area (Å²) in [5.74, 6) is -0.440. The van der Waals surface area contributed by atoms with Crippen molar-refractivity contribution in [3.8, 4) is 0 Å². The van der Waals surface area contributed by atoms with Gasteiger partial charge in [0.25, 0.3) is 8.32 Å². The van der Waals surface area contributed by atoms with E-state index in [4.69, 9.17) is 32.8 Å². The Balaban J connectivity index is 2.04. The summed E-state index contributed by atoms with van der Waals surface area (Å²) in [7, 11) is 0.262. The average Bonchev–Trinajstić information content (AvgIpc) is 2.89. The second-order valence-corrected chi connectivity index (χ2v) is 15.9. The monoisotopic (exact) mass is 658 g/mol. The van der Waals surface area contributed by atoms with Crippen molar-refractivity contribution in [1.82, 2.24) is 0 Å². The summed E-state index contributed by atoms with van der Waals surface area (Å²) in [5.41, 5.74) is 0. The standard InChI is InChI=1S/C28H39IO8Si/c1-20(30)36-27-24(29)26(34-19-32-6)25(33-18-31-5)23(37-27)17-35-38(28(2,3)4,21-13-9-7-10-14-21)22-15-11-8-12-16-22/h7-16,23-27H,17-19H2,1-6H3/t23-,24+,25-,26-,27+/m1/s1. The fourth-order valence-electron chi connectivity index (χ4n) is 4.91. The maximum Gasteiger partial charge on any atom is 0.304 e. The minimum absolute atomic E-state index is 0.0399. The molecule has 1 saturated heterocycles. The molecular weight excluding hydrogens is 619 g/mol. The molecule has 210 valence electrons. The third-order valence-electron chi connectivity index (χ3n) is 6.49. The molecule has 0 spiro atoms. The summed E-state index contributed by atoms with van der Waals surface area (Å²) in [5, 5.41) is 2.08. The fourth-order valence-corrected chi connectivity index (χ4v) is 10.4. The van der Waals surface area contributed by atoms with E-state index in [1.165, 1.54) is 6.92 Å². The second kappa shape index (κ2) is 14.3. The van der Waals surface area contributed by atoms with Crippen LogP contribution in [0.4, 0.5) is 0 Å². The first-order valence-electron chi connectivity index (χ1n) is 12.6. The fraction of sp³-hybridized carbons (Fsp3) is 0.536. The first-order chi connectivity index (χ1) is 18.2. The molecule has 1 heterocycles. The molecule has 1 aliphatic rings. The van der Waals surface area contributed by atoms with E-state index in [0.717, 1.165) is 10.4 Å². The molecular formula is C28H39IO8Si. The van der Waals surface area contributed by atoms with Gasteiger partial charge in [0.2, 0.25) is 6.29 Å². The van der Waals surface area contributed by atoms with E-state index in [2.05, 4.69) is 67.6 Å². The molecule has 1 fully saturated rings. The number of halogens is 1. The Morgan fingerprint density at radius 3 is 1.84 bits per heavy atom. The number of carbonyl (C=O) groups is 1. The Labute approximate surface area is 240 Å². The first-order valence-corrected chi connectivity index (χ1v) is 15.7. The lowest BCUT2D eigenvalue weighted by Gasteiger charge is -2.47. The number of hydrogen-bond donors (Lipinski definition) is 0. The molecule has 8 nitrogen and oxygen atoms in total. The summed E-state index contributed by atoms with van der Waals surface area (Å²) in [6.07, 6.45) is -2.51. The minimum Gasteiger partial charge on any atom is -0.435 e. The summed E-state index contributed by atoms with van der Waals surface area (Å²) in [6, 6.07) is 20.7. The van der Waals surface area contributed by atoms with E-state index in [1.807, 2.05) is 36.4 Å². The van der Waals surface area contributed by atoms with Crippen molar-refractivity contribution in [3.63, 3.8) is 0 Å². The van der Waals surface area contributed by atoms with Crippen LogP contribution >= 0.6 is 22.6 Å². The smallest absolute Gasteiger partial charge is 0.304 e. The van der Waals surface area contributed by atoms with Gasteiger partial charge in [-0.15, -0.1) is 0 Å². The van der Waals surface area contributed by atoms with Gasteiger partial charge in [-0.3, -0.25) is 4.79 Å². The minimum atomic E-state index is -2.85. The number of benzene rings is 2. The highest BCUT2D eigenvalue weighted by Gasteiger charge is 2.53. The normalized spacial score (nSPS) is 24.2. The molecule has 10 heteroatoms. The maximum atomic E-state index is 11.9. The van der Waals surface area contributed by atoms with Gasteiger partial charge in [-0.25, -0.2) is 0 Å². The van der Waals surface area contributed by atoms with Crippen molar-refractivity contribution in [2.75, 3.05) is 34.4 Å². The van der Waals surface area contributed by atoms with Crippen molar-refractivity contribution >= 4 is 47.3 Å². The van der Waals surface area contributed by atoms with Gasteiger partial charge in [-0.2, -0.15) is 0 Å². The Morgan fingerprint density at radius 1 is 0.895 bits per heavy atom. The molecule has 2 aromatic carbocycles. The second-order valence-electron chi connectivity index (χ2n) is 10.1.